The summed E-state index contributed by atoms with van der Waals surface area (Å²) in [5.74, 6) is -3.73. The van der Waals surface area contributed by atoms with Crippen molar-refractivity contribution in [1.82, 2.24) is 5.32 Å². The molecular weight excluding hydrogens is 208 g/mol. The van der Waals surface area contributed by atoms with Crippen LogP contribution in [0.4, 0.5) is 13.6 Å². The first-order valence-electron chi connectivity index (χ1n) is 4.94. The van der Waals surface area contributed by atoms with Crippen molar-refractivity contribution in [3.8, 4) is 0 Å². The quantitative estimate of drug-likeness (QED) is 0.735. The highest BCUT2D eigenvalue weighted by atomic mass is 19.3. The summed E-state index contributed by atoms with van der Waals surface area (Å²) >= 11 is 0. The second-order valence-corrected chi connectivity index (χ2v) is 3.42. The van der Waals surface area contributed by atoms with E-state index in [-0.39, 0.29) is 19.8 Å². The van der Waals surface area contributed by atoms with E-state index in [1.807, 2.05) is 0 Å². The molecule has 0 amide bonds. The lowest BCUT2D eigenvalue weighted by atomic mass is 9.95. The van der Waals surface area contributed by atoms with Crippen molar-refractivity contribution in [3.63, 3.8) is 0 Å². The number of halogens is 2. The zero-order chi connectivity index (χ0) is 11.3. The van der Waals surface area contributed by atoms with Gasteiger partial charge in [-0.1, -0.05) is 0 Å². The topological polar surface area (TPSA) is 47.6 Å². The van der Waals surface area contributed by atoms with Crippen LogP contribution in [0.5, 0.6) is 0 Å². The van der Waals surface area contributed by atoms with Crippen molar-refractivity contribution in [2.45, 2.75) is 19.3 Å². The predicted molar refractivity (Wildman–Crippen MR) is 48.9 cm³/mol. The molecule has 1 N–H and O–H groups in total. The first-order valence-corrected chi connectivity index (χ1v) is 4.94. The van der Waals surface area contributed by atoms with Gasteiger partial charge < -0.3 is 14.8 Å². The Labute approximate surface area is 86.9 Å². The lowest BCUT2D eigenvalue weighted by Gasteiger charge is -2.31. The van der Waals surface area contributed by atoms with E-state index in [9.17, 15) is 13.6 Å². The number of nitrogens with one attached hydrogen (secondary N) is 1. The van der Waals surface area contributed by atoms with Gasteiger partial charge in [-0.25, -0.2) is 13.6 Å². The van der Waals surface area contributed by atoms with Gasteiger partial charge in [-0.3, -0.25) is 0 Å². The highest BCUT2D eigenvalue weighted by Crippen LogP contribution is 2.29. The first kappa shape index (κ1) is 12.2. The molecule has 1 aliphatic rings. The van der Waals surface area contributed by atoms with Crippen molar-refractivity contribution >= 4 is 6.16 Å². The Hall–Kier alpha value is -0.910. The van der Waals surface area contributed by atoms with Crippen LogP contribution in [0, 0.1) is 5.92 Å². The van der Waals surface area contributed by atoms with E-state index in [2.05, 4.69) is 14.8 Å². The molecule has 1 unspecified atom stereocenters. The van der Waals surface area contributed by atoms with Crippen LogP contribution >= 0.6 is 0 Å². The summed E-state index contributed by atoms with van der Waals surface area (Å²) in [5, 5.41) is 2.60. The van der Waals surface area contributed by atoms with E-state index in [0.29, 0.717) is 13.0 Å². The third-order valence-electron chi connectivity index (χ3n) is 2.29. The van der Waals surface area contributed by atoms with Crippen LogP contribution in [0.25, 0.3) is 0 Å². The number of carbonyl (C=O) groups is 1. The van der Waals surface area contributed by atoms with Crippen LogP contribution in [0.2, 0.25) is 0 Å². The molecule has 1 fully saturated rings. The average molecular weight is 223 g/mol. The molecule has 0 radical (unpaired) electrons. The van der Waals surface area contributed by atoms with Crippen LogP contribution < -0.4 is 5.32 Å². The van der Waals surface area contributed by atoms with Crippen LogP contribution in [0.3, 0.4) is 0 Å². The van der Waals surface area contributed by atoms with Crippen LogP contribution in [0.1, 0.15) is 13.3 Å². The van der Waals surface area contributed by atoms with Gasteiger partial charge in [0.25, 0.3) is 5.92 Å². The molecule has 4 nitrogen and oxygen atoms in total. The number of hydrogen-bond donors (Lipinski definition) is 1. The molecule has 1 heterocycles. The van der Waals surface area contributed by atoms with Crippen LogP contribution in [-0.4, -0.2) is 38.4 Å². The van der Waals surface area contributed by atoms with Gasteiger partial charge in [-0.05, 0) is 19.9 Å². The molecule has 0 saturated carbocycles. The molecule has 0 aromatic rings. The fourth-order valence-corrected chi connectivity index (χ4v) is 1.42. The summed E-state index contributed by atoms with van der Waals surface area (Å²) in [6, 6.07) is 0. The smallest absolute Gasteiger partial charge is 0.435 e. The number of piperidine rings is 1. The van der Waals surface area contributed by atoms with Gasteiger partial charge in [0.2, 0.25) is 0 Å². The standard InChI is InChI=1S/C9H15F2NO3/c1-2-14-8(13)15-5-7-3-4-12-6-9(7,10)11/h7,12H,2-6H2,1H3. The normalized spacial score (nSPS) is 24.6. The third kappa shape index (κ3) is 3.62. The fourth-order valence-electron chi connectivity index (χ4n) is 1.42. The Kier molecular flexibility index (Phi) is 4.26. The number of rotatable bonds is 3. The van der Waals surface area contributed by atoms with E-state index >= 15 is 0 Å². The molecule has 1 atom stereocenters. The Morgan fingerprint density at radius 3 is 2.87 bits per heavy atom. The lowest BCUT2D eigenvalue weighted by Crippen LogP contribution is -2.47. The highest BCUT2D eigenvalue weighted by Gasteiger charge is 2.42. The number of carbonyl (C=O) groups excluding carboxylic acids is 1. The average Bonchev–Trinajstić information content (AvgIpc) is 2.16. The maximum absolute atomic E-state index is 13.2. The lowest BCUT2D eigenvalue weighted by molar-refractivity contribution is -0.0953. The zero-order valence-corrected chi connectivity index (χ0v) is 8.59. The van der Waals surface area contributed by atoms with Gasteiger partial charge in [0, 0.05) is 0 Å². The SMILES string of the molecule is CCOC(=O)OCC1CCNCC1(F)F. The first-order chi connectivity index (χ1) is 7.06. The molecule has 88 valence electrons. The van der Waals surface area contributed by atoms with Gasteiger partial charge >= 0.3 is 6.16 Å². The second-order valence-electron chi connectivity index (χ2n) is 3.42. The van der Waals surface area contributed by atoms with Gasteiger partial charge in [-0.15, -0.1) is 0 Å². The molecular formula is C9H15F2NO3. The molecule has 1 saturated heterocycles. The Morgan fingerprint density at radius 2 is 2.27 bits per heavy atom. The summed E-state index contributed by atoms with van der Waals surface area (Å²) < 4.78 is 35.5. The fraction of sp³-hybridized carbons (Fsp3) is 0.889. The van der Waals surface area contributed by atoms with Gasteiger partial charge in [0.05, 0.1) is 19.1 Å². The Bertz CT molecular complexity index is 223. The second kappa shape index (κ2) is 5.25. The number of alkyl halides is 2. The maximum Gasteiger partial charge on any atom is 0.508 e. The predicted octanol–water partition coefficient (Wildman–Crippen LogP) is 1.40. The molecule has 15 heavy (non-hydrogen) atoms. The van der Waals surface area contributed by atoms with E-state index < -0.39 is 18.0 Å². The molecule has 0 aliphatic carbocycles. The summed E-state index contributed by atoms with van der Waals surface area (Å²) in [7, 11) is 0. The van der Waals surface area contributed by atoms with E-state index in [4.69, 9.17) is 0 Å². The Morgan fingerprint density at radius 1 is 1.53 bits per heavy atom. The van der Waals surface area contributed by atoms with E-state index in [1.54, 1.807) is 6.92 Å². The number of ether oxygens (including phenoxy) is 2. The molecule has 0 bridgehead atoms. The molecule has 6 heteroatoms. The Balaban J connectivity index is 2.33. The molecule has 1 aliphatic heterocycles. The molecule has 1 rings (SSSR count). The minimum absolute atomic E-state index is 0.182. The van der Waals surface area contributed by atoms with Crippen LogP contribution in [0.15, 0.2) is 0 Å². The van der Waals surface area contributed by atoms with Crippen molar-refractivity contribution in [2.75, 3.05) is 26.3 Å². The molecule has 0 aromatic heterocycles. The van der Waals surface area contributed by atoms with Crippen molar-refractivity contribution in [3.05, 3.63) is 0 Å². The molecule has 0 spiro atoms. The third-order valence-corrected chi connectivity index (χ3v) is 2.29. The summed E-state index contributed by atoms with van der Waals surface area (Å²) in [5.41, 5.74) is 0. The zero-order valence-electron chi connectivity index (χ0n) is 8.59. The van der Waals surface area contributed by atoms with Gasteiger partial charge in [0.1, 0.15) is 6.61 Å². The van der Waals surface area contributed by atoms with Crippen molar-refractivity contribution in [1.29, 1.82) is 0 Å². The minimum atomic E-state index is -2.81. The summed E-state index contributed by atoms with van der Waals surface area (Å²) in [6.07, 6.45) is -0.585. The largest absolute Gasteiger partial charge is 0.508 e. The summed E-state index contributed by atoms with van der Waals surface area (Å²) in [6.45, 7) is 1.69. The number of hydrogen-bond acceptors (Lipinski definition) is 4. The van der Waals surface area contributed by atoms with Crippen molar-refractivity contribution in [2.24, 2.45) is 5.92 Å². The van der Waals surface area contributed by atoms with Gasteiger partial charge in [0.15, 0.2) is 0 Å². The minimum Gasteiger partial charge on any atom is -0.435 e. The monoisotopic (exact) mass is 223 g/mol. The maximum atomic E-state index is 13.2. The van der Waals surface area contributed by atoms with Crippen LogP contribution in [-0.2, 0) is 9.47 Å². The van der Waals surface area contributed by atoms with E-state index in [0.717, 1.165) is 0 Å². The summed E-state index contributed by atoms with van der Waals surface area (Å²) in [4.78, 5) is 10.8. The van der Waals surface area contributed by atoms with E-state index in [1.165, 1.54) is 0 Å². The van der Waals surface area contributed by atoms with Gasteiger partial charge in [-0.2, -0.15) is 0 Å². The highest BCUT2D eigenvalue weighted by molar-refractivity contribution is 5.59. The molecule has 0 aromatic carbocycles. The van der Waals surface area contributed by atoms with Crippen molar-refractivity contribution < 1.29 is 23.0 Å².